The highest BCUT2D eigenvalue weighted by Crippen LogP contribution is 2.17. The van der Waals surface area contributed by atoms with Gasteiger partial charge in [0.15, 0.2) is 0 Å². The number of benzene rings is 2. The molecule has 132 valence electrons. The topological polar surface area (TPSA) is 75.6 Å². The number of anilines is 1. The summed E-state index contributed by atoms with van der Waals surface area (Å²) in [7, 11) is 0. The second-order valence-electron chi connectivity index (χ2n) is 6.30. The van der Waals surface area contributed by atoms with Gasteiger partial charge in [0.2, 0.25) is 5.91 Å². The molecule has 1 amide bonds. The number of aliphatic carboxylic acids is 1. The summed E-state index contributed by atoms with van der Waals surface area (Å²) in [5.74, 6) is 0.119. The molecule has 0 aliphatic heterocycles. The predicted molar refractivity (Wildman–Crippen MR) is 96.9 cm³/mol. The Morgan fingerprint density at radius 3 is 2.36 bits per heavy atom. The second-order valence-corrected chi connectivity index (χ2v) is 6.30. The van der Waals surface area contributed by atoms with E-state index in [1.54, 1.807) is 24.3 Å². The van der Waals surface area contributed by atoms with Crippen LogP contribution in [-0.2, 0) is 22.4 Å². The van der Waals surface area contributed by atoms with Crippen molar-refractivity contribution in [2.24, 2.45) is 5.92 Å². The Balaban J connectivity index is 1.95. The smallest absolute Gasteiger partial charge is 0.307 e. The number of ether oxygens (including phenoxy) is 1. The fraction of sp³-hybridized carbons (Fsp3) is 0.300. The summed E-state index contributed by atoms with van der Waals surface area (Å²) in [4.78, 5) is 23.1. The minimum absolute atomic E-state index is 0.127. The lowest BCUT2D eigenvalue weighted by molar-refractivity contribution is -0.136. The lowest BCUT2D eigenvalue weighted by Gasteiger charge is -2.11. The van der Waals surface area contributed by atoms with Gasteiger partial charge in [0.1, 0.15) is 5.75 Å². The molecular weight excluding hydrogens is 318 g/mol. The molecule has 0 aliphatic rings. The number of nitrogens with one attached hydrogen (secondary N) is 1. The Hall–Kier alpha value is -2.82. The van der Waals surface area contributed by atoms with E-state index >= 15 is 0 Å². The summed E-state index contributed by atoms with van der Waals surface area (Å²) in [6.45, 7) is 4.82. The van der Waals surface area contributed by atoms with Gasteiger partial charge >= 0.3 is 5.97 Å². The normalized spacial score (nSPS) is 10.5. The maximum absolute atomic E-state index is 12.2. The maximum atomic E-state index is 12.2. The molecule has 0 fully saturated rings. The van der Waals surface area contributed by atoms with Crippen LogP contribution in [0.5, 0.6) is 5.75 Å². The van der Waals surface area contributed by atoms with E-state index in [4.69, 9.17) is 9.84 Å². The predicted octanol–water partition coefficient (Wildman–Crippen LogP) is 3.53. The molecule has 0 radical (unpaired) electrons. The van der Waals surface area contributed by atoms with Crippen LogP contribution in [0, 0.1) is 5.92 Å². The first-order valence-corrected chi connectivity index (χ1v) is 8.25. The van der Waals surface area contributed by atoms with Crippen molar-refractivity contribution >= 4 is 17.6 Å². The van der Waals surface area contributed by atoms with Gasteiger partial charge in [-0.2, -0.15) is 0 Å². The number of hydrogen-bond acceptors (Lipinski definition) is 3. The maximum Gasteiger partial charge on any atom is 0.307 e. The van der Waals surface area contributed by atoms with Gasteiger partial charge in [0.25, 0.3) is 0 Å². The van der Waals surface area contributed by atoms with Crippen molar-refractivity contribution in [1.82, 2.24) is 0 Å². The first-order chi connectivity index (χ1) is 11.9. The Morgan fingerprint density at radius 2 is 1.72 bits per heavy atom. The number of hydrogen-bond donors (Lipinski definition) is 2. The Labute approximate surface area is 147 Å². The molecule has 0 aromatic heterocycles. The summed E-state index contributed by atoms with van der Waals surface area (Å²) in [6, 6.07) is 14.3. The fourth-order valence-corrected chi connectivity index (χ4v) is 2.31. The van der Waals surface area contributed by atoms with Crippen LogP contribution in [-0.4, -0.2) is 23.6 Å². The molecule has 5 heteroatoms. The van der Waals surface area contributed by atoms with Crippen molar-refractivity contribution in [2.75, 3.05) is 11.9 Å². The minimum atomic E-state index is -0.932. The molecule has 0 spiro atoms. The minimum Gasteiger partial charge on any atom is -0.493 e. The molecule has 25 heavy (non-hydrogen) atoms. The van der Waals surface area contributed by atoms with E-state index in [-0.39, 0.29) is 18.7 Å². The van der Waals surface area contributed by atoms with Gasteiger partial charge in [-0.05, 0) is 35.2 Å². The van der Waals surface area contributed by atoms with Crippen LogP contribution in [0.25, 0.3) is 0 Å². The zero-order valence-electron chi connectivity index (χ0n) is 14.5. The molecule has 0 aliphatic carbocycles. The van der Waals surface area contributed by atoms with Gasteiger partial charge in [-0.25, -0.2) is 0 Å². The summed E-state index contributed by atoms with van der Waals surface area (Å²) >= 11 is 0. The van der Waals surface area contributed by atoms with Gasteiger partial charge < -0.3 is 15.2 Å². The van der Waals surface area contributed by atoms with Crippen molar-refractivity contribution in [3.63, 3.8) is 0 Å². The van der Waals surface area contributed by atoms with E-state index in [1.807, 2.05) is 24.3 Å². The molecule has 2 rings (SSSR count). The molecule has 0 atom stereocenters. The first kappa shape index (κ1) is 18.5. The average molecular weight is 341 g/mol. The highest BCUT2D eigenvalue weighted by Gasteiger charge is 2.10. The van der Waals surface area contributed by atoms with Crippen LogP contribution in [0.1, 0.15) is 25.0 Å². The van der Waals surface area contributed by atoms with E-state index in [1.165, 1.54) is 0 Å². The molecule has 0 unspecified atom stereocenters. The number of carbonyl (C=O) groups is 2. The van der Waals surface area contributed by atoms with E-state index in [0.29, 0.717) is 23.8 Å². The molecule has 0 saturated heterocycles. The van der Waals surface area contributed by atoms with E-state index in [0.717, 1.165) is 11.3 Å². The molecule has 2 N–H and O–H groups in total. The first-order valence-electron chi connectivity index (χ1n) is 8.25. The van der Waals surface area contributed by atoms with E-state index in [9.17, 15) is 9.59 Å². The third-order valence-corrected chi connectivity index (χ3v) is 3.50. The van der Waals surface area contributed by atoms with Crippen LogP contribution >= 0.6 is 0 Å². The number of rotatable bonds is 8. The fourth-order valence-electron chi connectivity index (χ4n) is 2.31. The Kier molecular flexibility index (Phi) is 6.57. The summed E-state index contributed by atoms with van der Waals surface area (Å²) in [6.07, 6.45) is 0.0875. The number of para-hydroxylation sites is 1. The zero-order valence-corrected chi connectivity index (χ0v) is 14.5. The standard InChI is InChI=1S/C20H23NO4/c1-14(2)13-25-17-9-7-15(8-10-17)11-19(22)21-18-6-4-3-5-16(18)12-20(23)24/h3-10,14H,11-13H2,1-2H3,(H,21,22)(H,23,24). The lowest BCUT2D eigenvalue weighted by atomic mass is 10.1. The molecule has 2 aromatic carbocycles. The van der Waals surface area contributed by atoms with Crippen LogP contribution in [0.4, 0.5) is 5.69 Å². The second kappa shape index (κ2) is 8.87. The number of carbonyl (C=O) groups excluding carboxylic acids is 1. The number of amides is 1. The van der Waals surface area contributed by atoms with E-state index in [2.05, 4.69) is 19.2 Å². The van der Waals surface area contributed by atoms with Crippen molar-refractivity contribution < 1.29 is 19.4 Å². The van der Waals surface area contributed by atoms with E-state index < -0.39 is 5.97 Å². The van der Waals surface area contributed by atoms with Gasteiger partial charge in [0.05, 0.1) is 19.4 Å². The lowest BCUT2D eigenvalue weighted by Crippen LogP contribution is -2.16. The third kappa shape index (κ3) is 6.30. The Morgan fingerprint density at radius 1 is 1.04 bits per heavy atom. The van der Waals surface area contributed by atoms with Crippen molar-refractivity contribution in [3.8, 4) is 5.75 Å². The highest BCUT2D eigenvalue weighted by atomic mass is 16.5. The highest BCUT2D eigenvalue weighted by molar-refractivity contribution is 5.93. The molecule has 5 nitrogen and oxygen atoms in total. The Bertz CT molecular complexity index is 723. The summed E-state index contributed by atoms with van der Waals surface area (Å²) in [5, 5.41) is 11.7. The molecular formula is C20H23NO4. The quantitative estimate of drug-likeness (QED) is 0.770. The monoisotopic (exact) mass is 341 g/mol. The average Bonchev–Trinajstić information content (AvgIpc) is 2.55. The summed E-state index contributed by atoms with van der Waals surface area (Å²) in [5.41, 5.74) is 1.98. The number of carboxylic acids is 1. The van der Waals surface area contributed by atoms with Crippen molar-refractivity contribution in [1.29, 1.82) is 0 Å². The molecule has 0 bridgehead atoms. The van der Waals surface area contributed by atoms with Crippen LogP contribution < -0.4 is 10.1 Å². The number of carboxylic acid groups (broad SMARTS) is 1. The molecule has 0 saturated carbocycles. The largest absolute Gasteiger partial charge is 0.493 e. The SMILES string of the molecule is CC(C)COc1ccc(CC(=O)Nc2ccccc2CC(=O)O)cc1. The van der Waals surface area contributed by atoms with Crippen LogP contribution in [0.2, 0.25) is 0 Å². The van der Waals surface area contributed by atoms with Gasteiger partial charge in [-0.15, -0.1) is 0 Å². The molecule has 2 aromatic rings. The van der Waals surface area contributed by atoms with Gasteiger partial charge in [-0.3, -0.25) is 9.59 Å². The zero-order chi connectivity index (χ0) is 18.2. The summed E-state index contributed by atoms with van der Waals surface area (Å²) < 4.78 is 5.62. The van der Waals surface area contributed by atoms with Crippen molar-refractivity contribution in [2.45, 2.75) is 26.7 Å². The van der Waals surface area contributed by atoms with Crippen LogP contribution in [0.15, 0.2) is 48.5 Å². The third-order valence-electron chi connectivity index (χ3n) is 3.50. The van der Waals surface area contributed by atoms with Gasteiger partial charge in [-0.1, -0.05) is 44.2 Å². The van der Waals surface area contributed by atoms with Crippen LogP contribution in [0.3, 0.4) is 0 Å². The molecule has 0 heterocycles. The van der Waals surface area contributed by atoms with Crippen molar-refractivity contribution in [3.05, 3.63) is 59.7 Å². The van der Waals surface area contributed by atoms with Gasteiger partial charge in [0, 0.05) is 5.69 Å².